The maximum atomic E-state index is 5.32. The van der Waals surface area contributed by atoms with Crippen LogP contribution in [0.5, 0.6) is 0 Å². The van der Waals surface area contributed by atoms with E-state index in [1.807, 2.05) is 6.92 Å². The van der Waals surface area contributed by atoms with E-state index in [9.17, 15) is 0 Å². The van der Waals surface area contributed by atoms with E-state index in [-0.39, 0.29) is 0 Å². The largest absolute Gasteiger partial charge is 0.380 e. The lowest BCUT2D eigenvalue weighted by Crippen LogP contribution is -2.41. The maximum Gasteiger partial charge on any atom is 0.191 e. The minimum atomic E-state index is 0.638. The van der Waals surface area contributed by atoms with E-state index < -0.39 is 0 Å². The summed E-state index contributed by atoms with van der Waals surface area (Å²) in [4.78, 5) is 6.70. The first-order valence-corrected chi connectivity index (χ1v) is 9.05. The number of rotatable bonds is 7. The second-order valence-corrected chi connectivity index (χ2v) is 6.57. The summed E-state index contributed by atoms with van der Waals surface area (Å²) >= 11 is 3.55. The highest BCUT2D eigenvalue weighted by molar-refractivity contribution is 9.10. The Hall–Kier alpha value is -1.27. The summed E-state index contributed by atoms with van der Waals surface area (Å²) in [5, 5.41) is 6.69. The van der Waals surface area contributed by atoms with Crippen LogP contribution in [0.25, 0.3) is 0 Å². The number of nitrogens with one attached hydrogen (secondary N) is 2. The molecular weight excluding hydrogens is 356 g/mol. The van der Waals surface area contributed by atoms with Gasteiger partial charge in [0, 0.05) is 50.0 Å². The molecule has 1 atom stereocenters. The summed E-state index contributed by atoms with van der Waals surface area (Å²) < 4.78 is 6.46. The molecule has 23 heavy (non-hydrogen) atoms. The minimum absolute atomic E-state index is 0.638. The summed E-state index contributed by atoms with van der Waals surface area (Å²) in [7, 11) is 1.80. The van der Waals surface area contributed by atoms with Crippen LogP contribution < -0.4 is 15.5 Å². The first-order chi connectivity index (χ1) is 11.2. The van der Waals surface area contributed by atoms with Crippen molar-refractivity contribution in [1.29, 1.82) is 0 Å². The van der Waals surface area contributed by atoms with Crippen molar-refractivity contribution in [2.24, 2.45) is 10.9 Å². The molecule has 1 aliphatic rings. The number of nitrogens with zero attached hydrogens (tertiary/aromatic N) is 2. The van der Waals surface area contributed by atoms with Gasteiger partial charge in [-0.3, -0.25) is 4.99 Å². The molecule has 0 aromatic heterocycles. The van der Waals surface area contributed by atoms with Crippen LogP contribution in [0.1, 0.15) is 13.3 Å². The third kappa shape index (κ3) is 6.03. The Labute approximate surface area is 147 Å². The first kappa shape index (κ1) is 18.1. The molecule has 0 radical (unpaired) electrons. The van der Waals surface area contributed by atoms with E-state index in [1.54, 1.807) is 7.05 Å². The van der Waals surface area contributed by atoms with Crippen molar-refractivity contribution in [2.45, 2.75) is 13.3 Å². The fraction of sp³-hybridized carbons (Fsp3) is 0.588. The highest BCUT2D eigenvalue weighted by Crippen LogP contribution is 2.25. The van der Waals surface area contributed by atoms with Gasteiger partial charge in [0.25, 0.3) is 0 Å². The van der Waals surface area contributed by atoms with E-state index in [4.69, 9.17) is 4.74 Å². The Morgan fingerprint density at radius 3 is 3.04 bits per heavy atom. The van der Waals surface area contributed by atoms with Crippen molar-refractivity contribution >= 4 is 27.6 Å². The molecule has 1 saturated heterocycles. The second kappa shape index (κ2) is 9.78. The summed E-state index contributed by atoms with van der Waals surface area (Å²) in [6, 6.07) is 8.52. The maximum absolute atomic E-state index is 5.32. The minimum Gasteiger partial charge on any atom is -0.380 e. The Morgan fingerprint density at radius 1 is 1.43 bits per heavy atom. The van der Waals surface area contributed by atoms with E-state index in [0.29, 0.717) is 12.5 Å². The Bertz CT molecular complexity index is 509. The van der Waals surface area contributed by atoms with Crippen LogP contribution in [0.2, 0.25) is 0 Å². The molecule has 1 aromatic carbocycles. The predicted molar refractivity (Wildman–Crippen MR) is 100 cm³/mol. The average Bonchev–Trinajstić information content (AvgIpc) is 3.03. The molecule has 2 N–H and O–H groups in total. The number of guanidine groups is 1. The summed E-state index contributed by atoms with van der Waals surface area (Å²) in [5.41, 5.74) is 1.29. The summed E-state index contributed by atoms with van der Waals surface area (Å²) in [5.74, 6) is 1.49. The first-order valence-electron chi connectivity index (χ1n) is 8.25. The van der Waals surface area contributed by atoms with Gasteiger partial charge in [-0.1, -0.05) is 22.0 Å². The fourth-order valence-corrected chi connectivity index (χ4v) is 3.14. The van der Waals surface area contributed by atoms with Crippen LogP contribution in [-0.2, 0) is 4.74 Å². The molecule has 2 rings (SSSR count). The lowest BCUT2D eigenvalue weighted by atomic mass is 10.1. The van der Waals surface area contributed by atoms with Gasteiger partial charge in [0.1, 0.15) is 0 Å². The van der Waals surface area contributed by atoms with Gasteiger partial charge in [0.05, 0.1) is 6.61 Å². The van der Waals surface area contributed by atoms with Gasteiger partial charge in [-0.2, -0.15) is 0 Å². The van der Waals surface area contributed by atoms with E-state index in [2.05, 4.69) is 60.7 Å². The molecule has 5 nitrogen and oxygen atoms in total. The molecule has 0 saturated carbocycles. The predicted octanol–water partition coefficient (Wildman–Crippen LogP) is 2.48. The van der Waals surface area contributed by atoms with Gasteiger partial charge in [0.15, 0.2) is 5.96 Å². The number of anilines is 1. The molecule has 1 heterocycles. The molecule has 1 unspecified atom stereocenters. The highest BCUT2D eigenvalue weighted by atomic mass is 79.9. The zero-order valence-electron chi connectivity index (χ0n) is 14.0. The Kier molecular flexibility index (Phi) is 7.68. The van der Waals surface area contributed by atoms with Crippen molar-refractivity contribution in [1.82, 2.24) is 10.6 Å². The standard InChI is InChI=1S/C17H27BrN4O/c1-3-23-10-8-20-17(19-2)21-12-14-7-9-22(13-14)16-6-4-5-15(18)11-16/h4-6,11,14H,3,7-10,12-13H2,1-2H3,(H2,19,20,21). The molecular formula is C17H27BrN4O. The van der Waals surface area contributed by atoms with Crippen molar-refractivity contribution in [3.63, 3.8) is 0 Å². The molecule has 0 amide bonds. The van der Waals surface area contributed by atoms with E-state index in [1.165, 1.54) is 12.1 Å². The molecule has 0 bridgehead atoms. The number of benzene rings is 1. The molecule has 0 aliphatic carbocycles. The van der Waals surface area contributed by atoms with Gasteiger partial charge < -0.3 is 20.3 Å². The van der Waals surface area contributed by atoms with Crippen molar-refractivity contribution in [3.8, 4) is 0 Å². The molecule has 6 heteroatoms. The lowest BCUT2D eigenvalue weighted by Gasteiger charge is -2.19. The second-order valence-electron chi connectivity index (χ2n) is 5.66. The summed E-state index contributed by atoms with van der Waals surface area (Å²) in [6.45, 7) is 7.38. The smallest absolute Gasteiger partial charge is 0.191 e. The summed E-state index contributed by atoms with van der Waals surface area (Å²) in [6.07, 6.45) is 1.20. The van der Waals surface area contributed by atoms with Gasteiger partial charge in [-0.25, -0.2) is 0 Å². The van der Waals surface area contributed by atoms with Gasteiger partial charge in [0.2, 0.25) is 0 Å². The molecule has 0 spiro atoms. The van der Waals surface area contributed by atoms with Crippen LogP contribution in [0.15, 0.2) is 33.7 Å². The highest BCUT2D eigenvalue weighted by Gasteiger charge is 2.22. The number of ether oxygens (including phenoxy) is 1. The van der Waals surface area contributed by atoms with Crippen LogP contribution in [-0.4, -0.2) is 52.4 Å². The fourth-order valence-electron chi connectivity index (χ4n) is 2.75. The molecule has 1 aliphatic heterocycles. The zero-order chi connectivity index (χ0) is 16.5. The number of hydrogen-bond acceptors (Lipinski definition) is 3. The monoisotopic (exact) mass is 382 g/mol. The zero-order valence-corrected chi connectivity index (χ0v) is 15.6. The van der Waals surface area contributed by atoms with Gasteiger partial charge in [-0.05, 0) is 37.5 Å². The van der Waals surface area contributed by atoms with E-state index >= 15 is 0 Å². The van der Waals surface area contributed by atoms with Crippen LogP contribution in [0.3, 0.4) is 0 Å². The lowest BCUT2D eigenvalue weighted by molar-refractivity contribution is 0.152. The number of aliphatic imine (C=N–C) groups is 1. The van der Waals surface area contributed by atoms with E-state index in [0.717, 1.165) is 43.2 Å². The quantitative estimate of drug-likeness (QED) is 0.432. The van der Waals surface area contributed by atoms with Gasteiger partial charge in [-0.15, -0.1) is 0 Å². The third-order valence-electron chi connectivity index (χ3n) is 3.98. The number of hydrogen-bond donors (Lipinski definition) is 2. The van der Waals surface area contributed by atoms with Crippen molar-refractivity contribution in [3.05, 3.63) is 28.7 Å². The molecule has 1 aromatic rings. The Morgan fingerprint density at radius 2 is 2.30 bits per heavy atom. The third-order valence-corrected chi connectivity index (χ3v) is 4.48. The van der Waals surface area contributed by atoms with Crippen LogP contribution in [0.4, 0.5) is 5.69 Å². The number of halogens is 1. The molecule has 128 valence electrons. The topological polar surface area (TPSA) is 48.9 Å². The molecule has 1 fully saturated rings. The van der Waals surface area contributed by atoms with Crippen molar-refractivity contribution in [2.75, 3.05) is 51.3 Å². The van der Waals surface area contributed by atoms with Gasteiger partial charge >= 0.3 is 0 Å². The average molecular weight is 383 g/mol. The Balaban J connectivity index is 1.72. The SMILES string of the molecule is CCOCCNC(=NC)NCC1CCN(c2cccc(Br)c2)C1. The van der Waals surface area contributed by atoms with Crippen LogP contribution in [0, 0.1) is 5.92 Å². The van der Waals surface area contributed by atoms with Crippen LogP contribution >= 0.6 is 15.9 Å². The normalized spacial score (nSPS) is 18.3. The van der Waals surface area contributed by atoms with Crippen molar-refractivity contribution < 1.29 is 4.74 Å².